The predicted octanol–water partition coefficient (Wildman–Crippen LogP) is 4.03. The van der Waals surface area contributed by atoms with Gasteiger partial charge in [0.2, 0.25) is 0 Å². The van der Waals surface area contributed by atoms with E-state index in [0.29, 0.717) is 15.2 Å². The highest BCUT2D eigenvalue weighted by Crippen LogP contribution is 2.38. The Morgan fingerprint density at radius 3 is 2.44 bits per heavy atom. The van der Waals surface area contributed by atoms with Gasteiger partial charge in [0, 0.05) is 16.8 Å². The molecule has 0 saturated heterocycles. The van der Waals surface area contributed by atoms with Crippen molar-refractivity contribution in [2.45, 2.75) is 4.90 Å². The molecule has 10 heteroatoms. The van der Waals surface area contributed by atoms with Crippen LogP contribution in [0.5, 0.6) is 11.5 Å². The van der Waals surface area contributed by atoms with E-state index in [1.165, 1.54) is 25.3 Å². The van der Waals surface area contributed by atoms with Gasteiger partial charge in [0.15, 0.2) is 5.75 Å². The fraction of sp³-hybridized carbons (Fsp3) is 0.0588. The first-order valence-corrected chi connectivity index (χ1v) is 9.77. The average molecular weight is 453 g/mol. The van der Waals surface area contributed by atoms with Gasteiger partial charge in [-0.05, 0) is 34.1 Å². The topological polar surface area (TPSA) is 119 Å². The van der Waals surface area contributed by atoms with Gasteiger partial charge in [-0.2, -0.15) is 0 Å². The summed E-state index contributed by atoms with van der Waals surface area (Å²) in [6.07, 6.45) is 0. The standard InChI is InChI=1S/C17H13BrN2O6S/c1-26-16-7-6-10(8-15(16)20(22)23)27(24,25)19-14-9-13(18)17(21)12-5-3-2-4-11(12)14/h2-9,19,21H,1H3. The average Bonchev–Trinajstić information content (AvgIpc) is 2.65. The quantitative estimate of drug-likeness (QED) is 0.342. The third kappa shape index (κ3) is 3.53. The summed E-state index contributed by atoms with van der Waals surface area (Å²) < 4.78 is 33.1. The Morgan fingerprint density at radius 1 is 1.15 bits per heavy atom. The van der Waals surface area contributed by atoms with Gasteiger partial charge in [0.1, 0.15) is 5.75 Å². The Morgan fingerprint density at radius 2 is 1.81 bits per heavy atom. The summed E-state index contributed by atoms with van der Waals surface area (Å²) in [5, 5.41) is 22.2. The Balaban J connectivity index is 2.11. The minimum absolute atomic E-state index is 0.0198. The number of fused-ring (bicyclic) bond motifs is 1. The number of sulfonamides is 1. The SMILES string of the molecule is COc1ccc(S(=O)(=O)Nc2cc(Br)c(O)c3ccccc23)cc1[N+](=O)[O-]. The van der Waals surface area contributed by atoms with E-state index in [1.807, 2.05) is 0 Å². The third-order valence-electron chi connectivity index (χ3n) is 3.87. The van der Waals surface area contributed by atoms with Gasteiger partial charge < -0.3 is 9.84 Å². The number of nitro groups is 1. The largest absolute Gasteiger partial charge is 0.506 e. The number of rotatable bonds is 5. The molecule has 0 spiro atoms. The van der Waals surface area contributed by atoms with Crippen LogP contribution in [0.25, 0.3) is 10.8 Å². The van der Waals surface area contributed by atoms with Crippen LogP contribution >= 0.6 is 15.9 Å². The third-order valence-corrected chi connectivity index (χ3v) is 5.84. The van der Waals surface area contributed by atoms with E-state index >= 15 is 0 Å². The second-order valence-electron chi connectivity index (χ2n) is 5.50. The van der Waals surface area contributed by atoms with Crippen molar-refractivity contribution in [3.05, 3.63) is 63.1 Å². The molecule has 0 saturated carbocycles. The lowest BCUT2D eigenvalue weighted by molar-refractivity contribution is -0.386. The lowest BCUT2D eigenvalue weighted by Gasteiger charge is -2.13. The fourth-order valence-electron chi connectivity index (χ4n) is 2.59. The first kappa shape index (κ1) is 18.9. The minimum Gasteiger partial charge on any atom is -0.506 e. The van der Waals surface area contributed by atoms with Gasteiger partial charge in [-0.1, -0.05) is 24.3 Å². The van der Waals surface area contributed by atoms with Gasteiger partial charge in [-0.3, -0.25) is 14.8 Å². The lowest BCUT2D eigenvalue weighted by atomic mass is 10.1. The molecule has 0 heterocycles. The molecule has 0 fully saturated rings. The maximum absolute atomic E-state index is 12.8. The van der Waals surface area contributed by atoms with E-state index in [2.05, 4.69) is 20.7 Å². The number of benzene rings is 3. The molecule has 0 unspecified atom stereocenters. The monoisotopic (exact) mass is 452 g/mol. The highest BCUT2D eigenvalue weighted by atomic mass is 79.9. The molecular weight excluding hydrogens is 440 g/mol. The number of ether oxygens (including phenoxy) is 1. The molecule has 2 N–H and O–H groups in total. The van der Waals surface area contributed by atoms with Crippen LogP contribution in [0, 0.1) is 10.1 Å². The number of hydrogen-bond donors (Lipinski definition) is 2. The molecule has 0 radical (unpaired) electrons. The number of nitro benzene ring substituents is 1. The summed E-state index contributed by atoms with van der Waals surface area (Å²) in [7, 11) is -2.87. The zero-order chi connectivity index (χ0) is 19.8. The summed E-state index contributed by atoms with van der Waals surface area (Å²) in [4.78, 5) is 10.1. The lowest BCUT2D eigenvalue weighted by Crippen LogP contribution is -2.13. The molecule has 27 heavy (non-hydrogen) atoms. The Kier molecular flexibility index (Phi) is 4.94. The Bertz CT molecular complexity index is 1160. The molecule has 3 aromatic rings. The predicted molar refractivity (Wildman–Crippen MR) is 104 cm³/mol. The highest BCUT2D eigenvalue weighted by molar-refractivity contribution is 9.10. The molecule has 0 aliphatic heterocycles. The molecular formula is C17H13BrN2O6S. The van der Waals surface area contributed by atoms with E-state index in [1.54, 1.807) is 24.3 Å². The summed E-state index contributed by atoms with van der Waals surface area (Å²) in [5.41, 5.74) is -0.245. The van der Waals surface area contributed by atoms with Crippen LogP contribution in [0.1, 0.15) is 0 Å². The summed E-state index contributed by atoms with van der Waals surface area (Å²) in [6.45, 7) is 0. The zero-order valence-corrected chi connectivity index (χ0v) is 16.2. The first-order chi connectivity index (χ1) is 12.7. The van der Waals surface area contributed by atoms with Crippen molar-refractivity contribution in [1.29, 1.82) is 0 Å². The van der Waals surface area contributed by atoms with Crippen molar-refractivity contribution >= 4 is 48.1 Å². The first-order valence-electron chi connectivity index (χ1n) is 7.50. The molecule has 3 rings (SSSR count). The maximum atomic E-state index is 12.8. The molecule has 8 nitrogen and oxygen atoms in total. The Labute approximate surface area is 162 Å². The minimum atomic E-state index is -4.13. The zero-order valence-electron chi connectivity index (χ0n) is 13.8. The van der Waals surface area contributed by atoms with Crippen LogP contribution in [-0.4, -0.2) is 25.6 Å². The molecule has 140 valence electrons. The molecule has 0 aliphatic rings. The van der Waals surface area contributed by atoms with E-state index in [0.717, 1.165) is 6.07 Å². The van der Waals surface area contributed by atoms with E-state index < -0.39 is 20.6 Å². The molecule has 0 aliphatic carbocycles. The number of phenolic OH excluding ortho intramolecular Hbond substituents is 1. The van der Waals surface area contributed by atoms with Gasteiger partial charge >= 0.3 is 5.69 Å². The van der Waals surface area contributed by atoms with Gasteiger partial charge in [-0.15, -0.1) is 0 Å². The maximum Gasteiger partial charge on any atom is 0.312 e. The van der Waals surface area contributed by atoms with Crippen LogP contribution < -0.4 is 9.46 Å². The fourth-order valence-corrected chi connectivity index (χ4v) is 4.13. The van der Waals surface area contributed by atoms with Crippen LogP contribution in [0.2, 0.25) is 0 Å². The van der Waals surface area contributed by atoms with E-state index in [9.17, 15) is 23.6 Å². The van der Waals surface area contributed by atoms with Gasteiger partial charge in [0.25, 0.3) is 10.0 Å². The highest BCUT2D eigenvalue weighted by Gasteiger charge is 2.23. The second kappa shape index (κ2) is 7.05. The number of halogens is 1. The van der Waals surface area contributed by atoms with Gasteiger partial charge in [-0.25, -0.2) is 8.42 Å². The summed E-state index contributed by atoms with van der Waals surface area (Å²) >= 11 is 3.19. The van der Waals surface area contributed by atoms with Crippen molar-refractivity contribution in [3.63, 3.8) is 0 Å². The van der Waals surface area contributed by atoms with Gasteiger partial charge in [0.05, 0.1) is 27.1 Å². The number of phenols is 1. The van der Waals surface area contributed by atoms with Crippen LogP contribution in [0.3, 0.4) is 0 Å². The molecule has 3 aromatic carbocycles. The molecule has 0 bridgehead atoms. The van der Waals surface area contributed by atoms with Crippen molar-refractivity contribution in [2.75, 3.05) is 11.8 Å². The molecule has 0 atom stereocenters. The number of hydrogen-bond acceptors (Lipinski definition) is 6. The molecule has 0 amide bonds. The second-order valence-corrected chi connectivity index (χ2v) is 8.03. The van der Waals surface area contributed by atoms with E-state index in [4.69, 9.17) is 4.74 Å². The van der Waals surface area contributed by atoms with E-state index in [-0.39, 0.29) is 22.1 Å². The Hall–Kier alpha value is -2.85. The van der Waals surface area contributed by atoms with Crippen molar-refractivity contribution in [3.8, 4) is 11.5 Å². The van der Waals surface area contributed by atoms with Crippen molar-refractivity contribution < 1.29 is 23.2 Å². The summed E-state index contributed by atoms with van der Waals surface area (Å²) in [5.74, 6) is -0.0644. The number of nitrogens with one attached hydrogen (secondary N) is 1. The number of anilines is 1. The number of aromatic hydroxyl groups is 1. The smallest absolute Gasteiger partial charge is 0.312 e. The van der Waals surface area contributed by atoms with Crippen LogP contribution in [0.15, 0.2) is 57.9 Å². The molecule has 0 aromatic heterocycles. The normalized spacial score (nSPS) is 11.3. The summed E-state index contributed by atoms with van der Waals surface area (Å²) in [6, 6.07) is 11.5. The van der Waals surface area contributed by atoms with Crippen LogP contribution in [0.4, 0.5) is 11.4 Å². The number of nitrogens with zero attached hydrogens (tertiary/aromatic N) is 1. The number of methoxy groups -OCH3 is 1. The van der Waals surface area contributed by atoms with Crippen molar-refractivity contribution in [1.82, 2.24) is 0 Å². The van der Waals surface area contributed by atoms with Crippen LogP contribution in [-0.2, 0) is 10.0 Å². The van der Waals surface area contributed by atoms with Crippen molar-refractivity contribution in [2.24, 2.45) is 0 Å².